The van der Waals surface area contributed by atoms with Gasteiger partial charge >= 0.3 is 0 Å². The van der Waals surface area contributed by atoms with E-state index in [0.29, 0.717) is 11.7 Å². The van der Waals surface area contributed by atoms with Crippen LogP contribution in [0.4, 0.5) is 0 Å². The van der Waals surface area contributed by atoms with Crippen LogP contribution in [0, 0.1) is 0 Å². The molecule has 0 saturated heterocycles. The van der Waals surface area contributed by atoms with Gasteiger partial charge in [-0.1, -0.05) is 12.1 Å². The third kappa shape index (κ3) is 3.65. The quantitative estimate of drug-likeness (QED) is 0.339. The fraction of sp³-hybridized carbons (Fsp3) is 0.300. The van der Waals surface area contributed by atoms with Crippen molar-refractivity contribution in [3.05, 3.63) is 29.8 Å². The average molecular weight is 241 g/mol. The Bertz CT molecular complexity index is 342. The van der Waals surface area contributed by atoms with Crippen LogP contribution in [0.2, 0.25) is 0 Å². The van der Waals surface area contributed by atoms with Gasteiger partial charge in [-0.25, -0.2) is 5.84 Å². The number of benzene rings is 1. The van der Waals surface area contributed by atoms with Gasteiger partial charge in [0.1, 0.15) is 5.75 Å². The van der Waals surface area contributed by atoms with Crippen LogP contribution in [0.25, 0.3) is 0 Å². The summed E-state index contributed by atoms with van der Waals surface area (Å²) in [5.41, 5.74) is 3.06. The van der Waals surface area contributed by atoms with E-state index in [0.717, 1.165) is 11.3 Å². The standard InChI is InChI=1S/C10H15N3O2S/c1-15-8-4-2-7(3-5-8)9(14)6-12-10(16)13-11/h2-5,9,14H,6,11H2,1H3,(H2,12,13,16). The molecule has 0 heterocycles. The fourth-order valence-electron chi connectivity index (χ4n) is 1.18. The number of rotatable bonds is 4. The highest BCUT2D eigenvalue weighted by molar-refractivity contribution is 7.80. The second kappa shape index (κ2) is 6.26. The monoisotopic (exact) mass is 241 g/mol. The van der Waals surface area contributed by atoms with Crippen molar-refractivity contribution in [1.82, 2.24) is 10.7 Å². The van der Waals surface area contributed by atoms with Gasteiger partial charge in [-0.15, -0.1) is 0 Å². The summed E-state index contributed by atoms with van der Waals surface area (Å²) in [4.78, 5) is 0. The number of methoxy groups -OCH3 is 1. The molecule has 0 fully saturated rings. The maximum atomic E-state index is 9.80. The molecule has 0 bridgehead atoms. The summed E-state index contributed by atoms with van der Waals surface area (Å²) in [5.74, 6) is 5.84. The van der Waals surface area contributed by atoms with Crippen molar-refractivity contribution in [3.63, 3.8) is 0 Å². The number of hydrogen-bond acceptors (Lipinski definition) is 4. The third-order valence-electron chi connectivity index (χ3n) is 2.09. The van der Waals surface area contributed by atoms with E-state index < -0.39 is 6.10 Å². The second-order valence-electron chi connectivity index (χ2n) is 3.14. The Labute approximate surface area is 99.6 Å². The number of hydrazine groups is 1. The van der Waals surface area contributed by atoms with Crippen LogP contribution in [0.1, 0.15) is 11.7 Å². The van der Waals surface area contributed by atoms with Gasteiger partial charge < -0.3 is 20.6 Å². The van der Waals surface area contributed by atoms with E-state index in [4.69, 9.17) is 22.8 Å². The molecule has 0 aliphatic heterocycles. The maximum absolute atomic E-state index is 9.80. The van der Waals surface area contributed by atoms with Crippen LogP contribution in [0.3, 0.4) is 0 Å². The van der Waals surface area contributed by atoms with Crippen LogP contribution in [-0.4, -0.2) is 23.9 Å². The first-order valence-electron chi connectivity index (χ1n) is 4.74. The Morgan fingerprint density at radius 2 is 2.12 bits per heavy atom. The molecule has 0 spiro atoms. The molecule has 88 valence electrons. The summed E-state index contributed by atoms with van der Waals surface area (Å²) in [6.45, 7) is 0.301. The minimum atomic E-state index is -0.641. The van der Waals surface area contributed by atoms with Crippen molar-refractivity contribution in [2.45, 2.75) is 6.10 Å². The number of aliphatic hydroxyl groups excluding tert-OH is 1. The maximum Gasteiger partial charge on any atom is 0.180 e. The zero-order valence-corrected chi connectivity index (χ0v) is 9.75. The Kier molecular flexibility index (Phi) is 4.97. The van der Waals surface area contributed by atoms with Crippen LogP contribution in [0.15, 0.2) is 24.3 Å². The van der Waals surface area contributed by atoms with Gasteiger partial charge in [0, 0.05) is 6.54 Å². The summed E-state index contributed by atoms with van der Waals surface area (Å²) in [5, 5.41) is 12.9. The molecule has 5 N–H and O–H groups in total. The molecule has 0 aliphatic rings. The van der Waals surface area contributed by atoms with Gasteiger partial charge in [0.05, 0.1) is 13.2 Å². The molecule has 1 rings (SSSR count). The van der Waals surface area contributed by atoms with E-state index >= 15 is 0 Å². The fourth-order valence-corrected chi connectivity index (χ4v) is 1.27. The van der Waals surface area contributed by atoms with E-state index in [9.17, 15) is 5.11 Å². The molecular weight excluding hydrogens is 226 g/mol. The van der Waals surface area contributed by atoms with E-state index in [1.54, 1.807) is 31.4 Å². The van der Waals surface area contributed by atoms with Crippen molar-refractivity contribution < 1.29 is 9.84 Å². The van der Waals surface area contributed by atoms with Gasteiger partial charge in [-0.2, -0.15) is 0 Å². The highest BCUT2D eigenvalue weighted by Crippen LogP contribution is 2.16. The lowest BCUT2D eigenvalue weighted by atomic mass is 10.1. The lowest BCUT2D eigenvalue weighted by Crippen LogP contribution is -2.41. The van der Waals surface area contributed by atoms with E-state index in [2.05, 4.69) is 10.7 Å². The van der Waals surface area contributed by atoms with Crippen molar-refractivity contribution in [2.75, 3.05) is 13.7 Å². The summed E-state index contributed by atoms with van der Waals surface area (Å²) in [6, 6.07) is 7.17. The molecule has 1 atom stereocenters. The van der Waals surface area contributed by atoms with Gasteiger partial charge in [-0.05, 0) is 29.9 Å². The summed E-state index contributed by atoms with van der Waals surface area (Å²) >= 11 is 4.78. The molecule has 1 aromatic carbocycles. The predicted molar refractivity (Wildman–Crippen MR) is 65.9 cm³/mol. The molecule has 0 amide bonds. The first kappa shape index (κ1) is 12.7. The van der Waals surface area contributed by atoms with Crippen LogP contribution in [0.5, 0.6) is 5.75 Å². The molecule has 5 nitrogen and oxygen atoms in total. The Balaban J connectivity index is 2.52. The van der Waals surface area contributed by atoms with Crippen molar-refractivity contribution >= 4 is 17.3 Å². The second-order valence-corrected chi connectivity index (χ2v) is 3.55. The average Bonchev–Trinajstić information content (AvgIpc) is 2.35. The number of nitrogens with one attached hydrogen (secondary N) is 2. The molecule has 6 heteroatoms. The summed E-state index contributed by atoms with van der Waals surface area (Å²) < 4.78 is 5.02. The number of aliphatic hydroxyl groups is 1. The molecule has 0 aromatic heterocycles. The minimum Gasteiger partial charge on any atom is -0.497 e. The van der Waals surface area contributed by atoms with Crippen molar-refractivity contribution in [1.29, 1.82) is 0 Å². The Hall–Kier alpha value is -1.37. The van der Waals surface area contributed by atoms with Gasteiger partial charge in [0.25, 0.3) is 0 Å². The lowest BCUT2D eigenvalue weighted by molar-refractivity contribution is 0.181. The van der Waals surface area contributed by atoms with Gasteiger partial charge in [0.15, 0.2) is 5.11 Å². The lowest BCUT2D eigenvalue weighted by Gasteiger charge is -2.13. The van der Waals surface area contributed by atoms with Crippen LogP contribution >= 0.6 is 12.2 Å². The molecular formula is C10H15N3O2S. The first-order valence-corrected chi connectivity index (χ1v) is 5.14. The normalized spacial score (nSPS) is 11.7. The number of hydrogen-bond donors (Lipinski definition) is 4. The summed E-state index contributed by atoms with van der Waals surface area (Å²) in [6.07, 6.45) is -0.641. The molecule has 1 aromatic rings. The van der Waals surface area contributed by atoms with Crippen molar-refractivity contribution in [2.24, 2.45) is 5.84 Å². The highest BCUT2D eigenvalue weighted by Gasteiger charge is 2.07. The number of thiocarbonyl (C=S) groups is 1. The van der Waals surface area contributed by atoms with E-state index in [1.807, 2.05) is 0 Å². The van der Waals surface area contributed by atoms with Crippen molar-refractivity contribution in [3.8, 4) is 5.75 Å². The van der Waals surface area contributed by atoms with Crippen LogP contribution in [-0.2, 0) is 0 Å². The largest absolute Gasteiger partial charge is 0.497 e. The predicted octanol–water partition coefficient (Wildman–Crippen LogP) is 0.0664. The molecule has 1 unspecified atom stereocenters. The Morgan fingerprint density at radius 1 is 1.50 bits per heavy atom. The minimum absolute atomic E-state index is 0.299. The zero-order chi connectivity index (χ0) is 12.0. The SMILES string of the molecule is COc1ccc(C(O)CNC(=S)NN)cc1. The van der Waals surface area contributed by atoms with E-state index in [1.165, 1.54) is 0 Å². The third-order valence-corrected chi connectivity index (χ3v) is 2.35. The molecule has 16 heavy (non-hydrogen) atoms. The topological polar surface area (TPSA) is 79.5 Å². The smallest absolute Gasteiger partial charge is 0.180 e. The number of nitrogens with two attached hydrogens (primary N) is 1. The highest BCUT2D eigenvalue weighted by atomic mass is 32.1. The zero-order valence-electron chi connectivity index (χ0n) is 8.93. The molecule has 0 radical (unpaired) electrons. The van der Waals surface area contributed by atoms with Crippen LogP contribution < -0.4 is 21.3 Å². The first-order chi connectivity index (χ1) is 7.67. The van der Waals surface area contributed by atoms with Gasteiger partial charge in [-0.3, -0.25) is 0 Å². The summed E-state index contributed by atoms with van der Waals surface area (Å²) in [7, 11) is 1.60. The van der Waals surface area contributed by atoms with Gasteiger partial charge in [0.2, 0.25) is 0 Å². The molecule has 0 saturated carbocycles. The molecule has 0 aliphatic carbocycles. The Morgan fingerprint density at radius 3 is 2.62 bits per heavy atom. The van der Waals surface area contributed by atoms with E-state index in [-0.39, 0.29) is 0 Å². The number of ether oxygens (including phenoxy) is 1.